The lowest BCUT2D eigenvalue weighted by Gasteiger charge is -2.16. The van der Waals surface area contributed by atoms with Crippen LogP contribution in [0.15, 0.2) is 6.07 Å². The zero-order valence-corrected chi connectivity index (χ0v) is 11.8. The summed E-state index contributed by atoms with van der Waals surface area (Å²) < 4.78 is 4.65. The van der Waals surface area contributed by atoms with Crippen LogP contribution in [0.4, 0.5) is 5.82 Å². The standard InChI is InChI=1S/C14H21N3O2/c1-9-5-4-6-11(9)8-15-12-7-10(2)16-13(17-12)14(18)19-3/h7,9,11H,4-6,8H2,1-3H3,(H,15,16,17). The van der Waals surface area contributed by atoms with Crippen LogP contribution in [0, 0.1) is 18.8 Å². The average Bonchev–Trinajstić information content (AvgIpc) is 2.80. The third kappa shape index (κ3) is 3.43. The molecule has 1 saturated carbocycles. The first-order valence-corrected chi connectivity index (χ1v) is 6.78. The Balaban J connectivity index is 2.03. The highest BCUT2D eigenvalue weighted by Crippen LogP contribution is 2.31. The fraction of sp³-hybridized carbons (Fsp3) is 0.643. The third-order valence-corrected chi connectivity index (χ3v) is 3.81. The molecule has 2 atom stereocenters. The van der Waals surface area contributed by atoms with Gasteiger partial charge in [-0.2, -0.15) is 0 Å². The zero-order chi connectivity index (χ0) is 13.8. The number of anilines is 1. The van der Waals surface area contributed by atoms with Gasteiger partial charge in [0.25, 0.3) is 0 Å². The van der Waals surface area contributed by atoms with Crippen LogP contribution >= 0.6 is 0 Å². The Labute approximate surface area is 113 Å². The lowest BCUT2D eigenvalue weighted by Crippen LogP contribution is -2.18. The van der Waals surface area contributed by atoms with Gasteiger partial charge in [0.1, 0.15) is 5.82 Å². The van der Waals surface area contributed by atoms with E-state index in [0.717, 1.165) is 18.2 Å². The summed E-state index contributed by atoms with van der Waals surface area (Å²) in [6, 6.07) is 1.85. The molecule has 0 amide bonds. The van der Waals surface area contributed by atoms with Crippen molar-refractivity contribution in [1.29, 1.82) is 0 Å². The molecule has 5 heteroatoms. The smallest absolute Gasteiger partial charge is 0.376 e. The summed E-state index contributed by atoms with van der Waals surface area (Å²) >= 11 is 0. The van der Waals surface area contributed by atoms with E-state index >= 15 is 0 Å². The van der Waals surface area contributed by atoms with E-state index < -0.39 is 5.97 Å². The molecule has 2 rings (SSSR count). The maximum absolute atomic E-state index is 11.5. The van der Waals surface area contributed by atoms with Crippen molar-refractivity contribution in [2.75, 3.05) is 19.0 Å². The van der Waals surface area contributed by atoms with Gasteiger partial charge in [0, 0.05) is 18.3 Å². The summed E-state index contributed by atoms with van der Waals surface area (Å²) in [6.07, 6.45) is 3.88. The van der Waals surface area contributed by atoms with Crippen LogP contribution < -0.4 is 5.32 Å². The number of hydrogen-bond donors (Lipinski definition) is 1. The topological polar surface area (TPSA) is 64.1 Å². The molecule has 0 bridgehead atoms. The minimum Gasteiger partial charge on any atom is -0.463 e. The summed E-state index contributed by atoms with van der Waals surface area (Å²) in [5, 5.41) is 3.32. The van der Waals surface area contributed by atoms with Gasteiger partial charge in [0.05, 0.1) is 7.11 Å². The van der Waals surface area contributed by atoms with Crippen LogP contribution in [0.2, 0.25) is 0 Å². The highest BCUT2D eigenvalue weighted by molar-refractivity contribution is 5.85. The number of aromatic nitrogens is 2. The number of ether oxygens (including phenoxy) is 1. The quantitative estimate of drug-likeness (QED) is 0.845. The maximum Gasteiger partial charge on any atom is 0.376 e. The van der Waals surface area contributed by atoms with Crippen molar-refractivity contribution in [2.45, 2.75) is 33.1 Å². The Morgan fingerprint density at radius 1 is 1.47 bits per heavy atom. The van der Waals surface area contributed by atoms with Crippen molar-refractivity contribution in [3.05, 3.63) is 17.6 Å². The van der Waals surface area contributed by atoms with Crippen LogP contribution in [0.5, 0.6) is 0 Å². The first kappa shape index (κ1) is 13.8. The summed E-state index contributed by atoms with van der Waals surface area (Å²) in [7, 11) is 1.33. The van der Waals surface area contributed by atoms with Crippen LogP contribution in [-0.2, 0) is 4.74 Å². The normalized spacial score (nSPS) is 22.3. The second-order valence-corrected chi connectivity index (χ2v) is 5.26. The fourth-order valence-electron chi connectivity index (χ4n) is 2.60. The molecule has 0 aromatic carbocycles. The number of hydrogen-bond acceptors (Lipinski definition) is 5. The molecule has 5 nitrogen and oxygen atoms in total. The number of nitrogens with zero attached hydrogens (tertiary/aromatic N) is 2. The van der Waals surface area contributed by atoms with Gasteiger partial charge in [-0.1, -0.05) is 19.8 Å². The summed E-state index contributed by atoms with van der Waals surface area (Å²) in [6.45, 7) is 5.04. The summed E-state index contributed by atoms with van der Waals surface area (Å²) in [5.41, 5.74) is 0.761. The van der Waals surface area contributed by atoms with Crippen molar-refractivity contribution in [2.24, 2.45) is 11.8 Å². The van der Waals surface area contributed by atoms with Gasteiger partial charge in [-0.05, 0) is 25.2 Å². The first-order valence-electron chi connectivity index (χ1n) is 6.78. The van der Waals surface area contributed by atoms with Crippen LogP contribution in [0.25, 0.3) is 0 Å². The van der Waals surface area contributed by atoms with Crippen LogP contribution in [0.1, 0.15) is 42.5 Å². The number of carbonyl (C=O) groups is 1. The van der Waals surface area contributed by atoms with Crippen molar-refractivity contribution in [1.82, 2.24) is 9.97 Å². The monoisotopic (exact) mass is 263 g/mol. The first-order chi connectivity index (χ1) is 9.10. The Morgan fingerprint density at radius 2 is 2.26 bits per heavy atom. The Hall–Kier alpha value is -1.65. The van der Waals surface area contributed by atoms with E-state index in [4.69, 9.17) is 0 Å². The fourth-order valence-corrected chi connectivity index (χ4v) is 2.60. The lowest BCUT2D eigenvalue weighted by molar-refractivity contribution is 0.0586. The molecule has 1 aromatic rings. The highest BCUT2D eigenvalue weighted by atomic mass is 16.5. The number of esters is 1. The molecule has 1 fully saturated rings. The Kier molecular flexibility index (Phi) is 4.35. The highest BCUT2D eigenvalue weighted by Gasteiger charge is 2.23. The zero-order valence-electron chi connectivity index (χ0n) is 11.8. The molecule has 2 unspecified atom stereocenters. The van der Waals surface area contributed by atoms with Crippen molar-refractivity contribution in [3.63, 3.8) is 0 Å². The second-order valence-electron chi connectivity index (χ2n) is 5.26. The van der Waals surface area contributed by atoms with E-state index in [9.17, 15) is 4.79 Å². The van der Waals surface area contributed by atoms with Crippen molar-refractivity contribution < 1.29 is 9.53 Å². The van der Waals surface area contributed by atoms with E-state index in [0.29, 0.717) is 11.7 Å². The number of aryl methyl sites for hydroxylation is 1. The summed E-state index contributed by atoms with van der Waals surface area (Å²) in [5.74, 6) is 1.77. The Bertz CT molecular complexity index is 462. The molecule has 0 aliphatic heterocycles. The minimum atomic E-state index is -0.499. The molecular formula is C14H21N3O2. The van der Waals surface area contributed by atoms with Gasteiger partial charge in [0.15, 0.2) is 0 Å². The van der Waals surface area contributed by atoms with Gasteiger partial charge >= 0.3 is 5.97 Å². The predicted octanol–water partition coefficient (Wildman–Crippen LogP) is 2.42. The van der Waals surface area contributed by atoms with E-state index in [2.05, 4.69) is 26.9 Å². The SMILES string of the molecule is COC(=O)c1nc(C)cc(NCC2CCCC2C)n1. The largest absolute Gasteiger partial charge is 0.463 e. The minimum absolute atomic E-state index is 0.115. The Morgan fingerprint density at radius 3 is 2.89 bits per heavy atom. The molecule has 1 aliphatic rings. The average molecular weight is 263 g/mol. The number of carbonyl (C=O) groups excluding carboxylic acids is 1. The van der Waals surface area contributed by atoms with Gasteiger partial charge in [0.2, 0.25) is 5.82 Å². The molecule has 1 aliphatic carbocycles. The third-order valence-electron chi connectivity index (χ3n) is 3.81. The van der Waals surface area contributed by atoms with Gasteiger partial charge in [-0.15, -0.1) is 0 Å². The van der Waals surface area contributed by atoms with E-state index in [1.807, 2.05) is 13.0 Å². The molecule has 1 N–H and O–H groups in total. The van der Waals surface area contributed by atoms with Crippen LogP contribution in [0.3, 0.4) is 0 Å². The maximum atomic E-state index is 11.5. The van der Waals surface area contributed by atoms with Crippen LogP contribution in [-0.4, -0.2) is 29.6 Å². The molecule has 19 heavy (non-hydrogen) atoms. The predicted molar refractivity (Wildman–Crippen MR) is 73.1 cm³/mol. The van der Waals surface area contributed by atoms with E-state index in [-0.39, 0.29) is 5.82 Å². The van der Waals surface area contributed by atoms with Crippen molar-refractivity contribution >= 4 is 11.8 Å². The summed E-state index contributed by atoms with van der Waals surface area (Å²) in [4.78, 5) is 19.7. The second kappa shape index (κ2) is 5.99. The molecule has 0 radical (unpaired) electrons. The van der Waals surface area contributed by atoms with Gasteiger partial charge in [-0.3, -0.25) is 0 Å². The molecule has 0 spiro atoms. The number of rotatable bonds is 4. The van der Waals surface area contributed by atoms with Gasteiger partial charge in [-0.25, -0.2) is 14.8 Å². The lowest BCUT2D eigenvalue weighted by atomic mass is 9.98. The van der Waals surface area contributed by atoms with E-state index in [1.54, 1.807) is 0 Å². The molecule has 1 aromatic heterocycles. The van der Waals surface area contributed by atoms with E-state index in [1.165, 1.54) is 26.4 Å². The number of methoxy groups -OCH3 is 1. The molecule has 0 saturated heterocycles. The molecule has 104 valence electrons. The number of nitrogens with one attached hydrogen (secondary N) is 1. The molecule has 1 heterocycles. The molecular weight excluding hydrogens is 242 g/mol. The van der Waals surface area contributed by atoms with Gasteiger partial charge < -0.3 is 10.1 Å². The van der Waals surface area contributed by atoms with Crippen molar-refractivity contribution in [3.8, 4) is 0 Å².